The zero-order chi connectivity index (χ0) is 23.9. The molecule has 0 spiro atoms. The van der Waals surface area contributed by atoms with Gasteiger partial charge in [-0.2, -0.15) is 18.2 Å². The van der Waals surface area contributed by atoms with Crippen LogP contribution in [0, 0.1) is 10.1 Å². The summed E-state index contributed by atoms with van der Waals surface area (Å²) in [4.78, 5) is 27.1. The summed E-state index contributed by atoms with van der Waals surface area (Å²) >= 11 is 5.86. The van der Waals surface area contributed by atoms with Crippen molar-refractivity contribution in [1.82, 2.24) is 14.8 Å². The number of nitro benzene ring substituents is 1. The second kappa shape index (κ2) is 8.20. The number of alkyl halides is 3. The number of allylic oxidation sites excluding steroid dienone is 1. The van der Waals surface area contributed by atoms with E-state index in [-0.39, 0.29) is 22.9 Å². The van der Waals surface area contributed by atoms with E-state index in [0.717, 1.165) is 4.68 Å². The summed E-state index contributed by atoms with van der Waals surface area (Å²) in [6.45, 7) is 1.51. The number of hydrogen-bond donors (Lipinski definition) is 2. The molecular formula is C20H14ClF3N6O3. The average Bonchev–Trinajstić information content (AvgIpc) is 3.18. The maximum Gasteiger partial charge on any atom is 0.453 e. The van der Waals surface area contributed by atoms with Crippen molar-refractivity contribution >= 4 is 34.8 Å². The maximum absolute atomic E-state index is 13.3. The molecule has 2 heterocycles. The van der Waals surface area contributed by atoms with Gasteiger partial charge in [0.15, 0.2) is 0 Å². The standard InChI is InChI=1S/C20H14ClF3N6O3/c1-10-15(17(31)26-13-6-4-12(21)5-7-13)16(11-2-8-14(9-3-11)30(32)33)29-19(25-10)27-18(28-29)20(22,23)24/h2-9,16H,1H3,(H,26,31)(H,25,27,28)/t16-/m0/s1. The lowest BCUT2D eigenvalue weighted by Gasteiger charge is -2.28. The predicted molar refractivity (Wildman–Crippen MR) is 113 cm³/mol. The lowest BCUT2D eigenvalue weighted by molar-refractivity contribution is -0.384. The van der Waals surface area contributed by atoms with Crippen molar-refractivity contribution in [2.45, 2.75) is 19.1 Å². The van der Waals surface area contributed by atoms with Gasteiger partial charge in [-0.05, 0) is 48.9 Å². The van der Waals surface area contributed by atoms with Gasteiger partial charge in [-0.15, -0.1) is 5.10 Å². The zero-order valence-corrected chi connectivity index (χ0v) is 17.5. The third-order valence-corrected chi connectivity index (χ3v) is 5.12. The highest BCUT2D eigenvalue weighted by Crippen LogP contribution is 2.38. The number of carbonyl (C=O) groups excluding carboxylic acids is 1. The van der Waals surface area contributed by atoms with Crippen LogP contribution in [-0.4, -0.2) is 25.6 Å². The maximum atomic E-state index is 13.3. The molecule has 33 heavy (non-hydrogen) atoms. The van der Waals surface area contributed by atoms with E-state index < -0.39 is 28.9 Å². The first-order valence-corrected chi connectivity index (χ1v) is 9.75. The fraction of sp³-hybridized carbons (Fsp3) is 0.150. The fourth-order valence-corrected chi connectivity index (χ4v) is 3.51. The minimum atomic E-state index is -4.81. The number of non-ortho nitro benzene ring substituents is 1. The van der Waals surface area contributed by atoms with Crippen molar-refractivity contribution in [3.63, 3.8) is 0 Å². The number of nitrogens with one attached hydrogen (secondary N) is 2. The lowest BCUT2D eigenvalue weighted by Crippen LogP contribution is -2.31. The van der Waals surface area contributed by atoms with E-state index in [1.807, 2.05) is 0 Å². The largest absolute Gasteiger partial charge is 0.453 e. The summed E-state index contributed by atoms with van der Waals surface area (Å²) in [5.41, 5.74) is 0.814. The Labute approximate surface area is 189 Å². The summed E-state index contributed by atoms with van der Waals surface area (Å²) in [6, 6.07) is 10.2. The van der Waals surface area contributed by atoms with E-state index in [9.17, 15) is 28.1 Å². The highest BCUT2D eigenvalue weighted by molar-refractivity contribution is 6.30. The molecule has 1 aliphatic heterocycles. The topological polar surface area (TPSA) is 115 Å². The van der Waals surface area contributed by atoms with Gasteiger partial charge >= 0.3 is 6.18 Å². The molecule has 1 amide bonds. The summed E-state index contributed by atoms with van der Waals surface area (Å²) in [5, 5.41) is 20.4. The number of rotatable bonds is 4. The summed E-state index contributed by atoms with van der Waals surface area (Å²) in [7, 11) is 0. The molecule has 0 aliphatic carbocycles. The minimum absolute atomic E-state index is 0.0601. The van der Waals surface area contributed by atoms with Crippen LogP contribution >= 0.6 is 11.6 Å². The van der Waals surface area contributed by atoms with Gasteiger partial charge in [-0.25, -0.2) is 4.68 Å². The third kappa shape index (κ3) is 4.37. The van der Waals surface area contributed by atoms with E-state index in [4.69, 9.17) is 11.6 Å². The number of hydrogen-bond acceptors (Lipinski definition) is 6. The van der Waals surface area contributed by atoms with Crippen molar-refractivity contribution in [1.29, 1.82) is 0 Å². The lowest BCUT2D eigenvalue weighted by atomic mass is 9.95. The van der Waals surface area contributed by atoms with Crippen LogP contribution in [0.2, 0.25) is 5.02 Å². The van der Waals surface area contributed by atoms with Crippen LogP contribution in [0.25, 0.3) is 0 Å². The highest BCUT2D eigenvalue weighted by Gasteiger charge is 2.41. The van der Waals surface area contributed by atoms with Crippen molar-refractivity contribution in [3.8, 4) is 0 Å². The van der Waals surface area contributed by atoms with Crippen LogP contribution in [0.15, 0.2) is 59.8 Å². The molecule has 2 aromatic carbocycles. The Bertz CT molecular complexity index is 1270. The smallest absolute Gasteiger partial charge is 0.328 e. The van der Waals surface area contributed by atoms with E-state index in [0.29, 0.717) is 16.3 Å². The molecule has 13 heteroatoms. The van der Waals surface area contributed by atoms with Crippen LogP contribution in [0.1, 0.15) is 24.4 Å². The number of amides is 1. The molecule has 2 N–H and O–H groups in total. The van der Waals surface area contributed by atoms with Gasteiger partial charge in [0.2, 0.25) is 5.95 Å². The summed E-state index contributed by atoms with van der Waals surface area (Å²) < 4.78 is 40.8. The average molecular weight is 479 g/mol. The summed E-state index contributed by atoms with van der Waals surface area (Å²) in [5.74, 6) is -2.21. The van der Waals surface area contributed by atoms with E-state index >= 15 is 0 Å². The predicted octanol–water partition coefficient (Wildman–Crippen LogP) is 4.79. The molecule has 170 valence electrons. The first-order valence-electron chi connectivity index (χ1n) is 9.37. The fourth-order valence-electron chi connectivity index (χ4n) is 3.38. The minimum Gasteiger partial charge on any atom is -0.328 e. The Morgan fingerprint density at radius 3 is 2.39 bits per heavy atom. The molecule has 4 rings (SSSR count). The number of nitrogens with zero attached hydrogens (tertiary/aromatic N) is 4. The molecule has 3 aromatic rings. The van der Waals surface area contributed by atoms with Gasteiger partial charge < -0.3 is 10.6 Å². The summed E-state index contributed by atoms with van der Waals surface area (Å²) in [6.07, 6.45) is -4.81. The second-order valence-electron chi connectivity index (χ2n) is 7.08. The van der Waals surface area contributed by atoms with Gasteiger partial charge in [-0.1, -0.05) is 11.6 Å². The molecule has 0 radical (unpaired) electrons. The molecule has 0 unspecified atom stereocenters. The molecule has 0 fully saturated rings. The van der Waals surface area contributed by atoms with Crippen LogP contribution in [0.4, 0.5) is 30.5 Å². The van der Waals surface area contributed by atoms with Gasteiger partial charge in [0.25, 0.3) is 17.4 Å². The Balaban J connectivity index is 1.80. The highest BCUT2D eigenvalue weighted by atomic mass is 35.5. The first-order chi connectivity index (χ1) is 15.5. The van der Waals surface area contributed by atoms with E-state index in [2.05, 4.69) is 20.7 Å². The molecule has 0 saturated heterocycles. The normalized spacial score (nSPS) is 15.6. The van der Waals surface area contributed by atoms with Gasteiger partial charge in [0.1, 0.15) is 6.04 Å². The van der Waals surface area contributed by atoms with E-state index in [1.54, 1.807) is 24.3 Å². The molecule has 9 nitrogen and oxygen atoms in total. The SMILES string of the molecule is CC1=C(C(=O)Nc2ccc(Cl)cc2)[C@H](c2ccc([N+](=O)[O-])cc2)n2nc(C(F)(F)F)nc2N1. The number of nitro groups is 1. The first kappa shape index (κ1) is 22.3. The molecule has 0 saturated carbocycles. The van der Waals surface area contributed by atoms with Gasteiger partial charge in [0.05, 0.1) is 10.5 Å². The van der Waals surface area contributed by atoms with Crippen molar-refractivity contribution < 1.29 is 22.9 Å². The number of halogens is 4. The number of benzene rings is 2. The van der Waals surface area contributed by atoms with Crippen LogP contribution in [0.5, 0.6) is 0 Å². The van der Waals surface area contributed by atoms with Crippen molar-refractivity contribution in [3.05, 3.63) is 86.3 Å². The van der Waals surface area contributed by atoms with Crippen molar-refractivity contribution in [2.75, 3.05) is 10.6 Å². The Morgan fingerprint density at radius 2 is 1.82 bits per heavy atom. The van der Waals surface area contributed by atoms with Crippen molar-refractivity contribution in [2.24, 2.45) is 0 Å². The van der Waals surface area contributed by atoms with Crippen LogP contribution < -0.4 is 10.6 Å². The Kier molecular flexibility index (Phi) is 5.54. The molecular weight excluding hydrogens is 465 g/mol. The number of anilines is 2. The Hall–Kier alpha value is -3.93. The Morgan fingerprint density at radius 1 is 1.18 bits per heavy atom. The molecule has 1 aliphatic rings. The second-order valence-corrected chi connectivity index (χ2v) is 7.51. The van der Waals surface area contributed by atoms with E-state index in [1.165, 1.54) is 31.2 Å². The van der Waals surface area contributed by atoms with Crippen LogP contribution in [-0.2, 0) is 11.0 Å². The van der Waals surface area contributed by atoms with Crippen LogP contribution in [0.3, 0.4) is 0 Å². The zero-order valence-electron chi connectivity index (χ0n) is 16.7. The third-order valence-electron chi connectivity index (χ3n) is 4.87. The van der Waals surface area contributed by atoms with Gasteiger partial charge in [0, 0.05) is 28.5 Å². The monoisotopic (exact) mass is 478 g/mol. The number of aromatic nitrogens is 3. The molecule has 1 aromatic heterocycles. The molecule has 0 bridgehead atoms. The number of carbonyl (C=O) groups is 1. The molecule has 1 atom stereocenters. The quantitative estimate of drug-likeness (QED) is 0.411. The number of fused-ring (bicyclic) bond motifs is 1. The van der Waals surface area contributed by atoms with Gasteiger partial charge in [-0.3, -0.25) is 14.9 Å².